The highest BCUT2D eigenvalue weighted by Crippen LogP contribution is 2.17. The highest BCUT2D eigenvalue weighted by Gasteiger charge is 2.12. The summed E-state index contributed by atoms with van der Waals surface area (Å²) in [6.45, 7) is 2.00. The third-order valence-corrected chi connectivity index (χ3v) is 3.12. The number of ketones is 1. The van der Waals surface area contributed by atoms with Crippen molar-refractivity contribution in [2.45, 2.75) is 6.92 Å². The van der Waals surface area contributed by atoms with Crippen LogP contribution in [0.15, 0.2) is 29.6 Å². The first-order valence-electron chi connectivity index (χ1n) is 4.95. The zero-order chi connectivity index (χ0) is 11.5. The number of aromatic nitrogens is 1. The number of hydrogen-bond acceptors (Lipinski definition) is 4. The Morgan fingerprint density at radius 2 is 2.00 bits per heavy atom. The Bertz CT molecular complexity index is 502. The van der Waals surface area contributed by atoms with E-state index in [-0.39, 0.29) is 5.78 Å². The molecule has 3 nitrogen and oxygen atoms in total. The van der Waals surface area contributed by atoms with Gasteiger partial charge >= 0.3 is 0 Å². The summed E-state index contributed by atoms with van der Waals surface area (Å²) in [7, 11) is 1.79. The Hall–Kier alpha value is -1.68. The summed E-state index contributed by atoms with van der Waals surface area (Å²) in [5.41, 5.74) is 2.32. The molecule has 0 unspecified atom stereocenters. The lowest BCUT2D eigenvalue weighted by Crippen LogP contribution is -2.01. The SMILES string of the molecule is CNc1nc(C(=O)c2ccc(C)cc2)cs1. The van der Waals surface area contributed by atoms with Gasteiger partial charge in [0.05, 0.1) is 0 Å². The van der Waals surface area contributed by atoms with Gasteiger partial charge in [-0.25, -0.2) is 4.98 Å². The first-order valence-corrected chi connectivity index (χ1v) is 5.83. The van der Waals surface area contributed by atoms with Crippen molar-refractivity contribution in [2.24, 2.45) is 0 Å². The minimum absolute atomic E-state index is 0.0299. The Labute approximate surface area is 98.2 Å². The summed E-state index contributed by atoms with van der Waals surface area (Å²) < 4.78 is 0. The van der Waals surface area contributed by atoms with Crippen molar-refractivity contribution < 1.29 is 4.79 Å². The van der Waals surface area contributed by atoms with Crippen molar-refractivity contribution in [1.82, 2.24) is 4.98 Å². The van der Waals surface area contributed by atoms with Crippen LogP contribution in [0.2, 0.25) is 0 Å². The smallest absolute Gasteiger partial charge is 0.212 e. The van der Waals surface area contributed by atoms with Gasteiger partial charge in [-0.2, -0.15) is 0 Å². The third-order valence-electron chi connectivity index (χ3n) is 2.26. The number of nitrogens with zero attached hydrogens (tertiary/aromatic N) is 1. The first-order chi connectivity index (χ1) is 7.70. The number of nitrogens with one attached hydrogen (secondary N) is 1. The predicted molar refractivity (Wildman–Crippen MR) is 66.3 cm³/mol. The summed E-state index contributed by atoms with van der Waals surface area (Å²) in [5.74, 6) is -0.0299. The number of aryl methyl sites for hydroxylation is 1. The van der Waals surface area contributed by atoms with Crippen LogP contribution in [0.25, 0.3) is 0 Å². The van der Waals surface area contributed by atoms with Gasteiger partial charge in [0, 0.05) is 18.0 Å². The summed E-state index contributed by atoms with van der Waals surface area (Å²) in [4.78, 5) is 16.2. The van der Waals surface area contributed by atoms with E-state index in [0.717, 1.165) is 10.7 Å². The number of thiazole rings is 1. The predicted octanol–water partition coefficient (Wildman–Crippen LogP) is 2.72. The fourth-order valence-corrected chi connectivity index (χ4v) is 2.00. The quantitative estimate of drug-likeness (QED) is 0.827. The number of hydrogen-bond donors (Lipinski definition) is 1. The molecule has 0 bridgehead atoms. The molecular weight excluding hydrogens is 220 g/mol. The van der Waals surface area contributed by atoms with E-state index in [4.69, 9.17) is 0 Å². The van der Waals surface area contributed by atoms with Gasteiger partial charge in [0.1, 0.15) is 5.69 Å². The van der Waals surface area contributed by atoms with Crippen molar-refractivity contribution in [1.29, 1.82) is 0 Å². The largest absolute Gasteiger partial charge is 0.365 e. The third kappa shape index (κ3) is 2.12. The van der Waals surface area contributed by atoms with Crippen molar-refractivity contribution in [3.8, 4) is 0 Å². The molecule has 0 atom stereocenters. The average molecular weight is 232 g/mol. The number of benzene rings is 1. The van der Waals surface area contributed by atoms with E-state index in [0.29, 0.717) is 11.3 Å². The molecule has 0 aliphatic carbocycles. The van der Waals surface area contributed by atoms with Crippen LogP contribution in [0.3, 0.4) is 0 Å². The van der Waals surface area contributed by atoms with Crippen LogP contribution in [0.4, 0.5) is 5.13 Å². The van der Waals surface area contributed by atoms with Crippen LogP contribution in [0.1, 0.15) is 21.6 Å². The molecule has 2 rings (SSSR count). The van der Waals surface area contributed by atoms with Crippen LogP contribution in [0.5, 0.6) is 0 Å². The molecule has 0 aliphatic heterocycles. The standard InChI is InChI=1S/C12H12N2OS/c1-8-3-5-9(6-4-8)11(15)10-7-16-12(13-2)14-10/h3-7H,1-2H3,(H,13,14). The second-order valence-electron chi connectivity index (χ2n) is 3.48. The Morgan fingerprint density at radius 3 is 2.56 bits per heavy atom. The molecule has 1 N–H and O–H groups in total. The fraction of sp³-hybridized carbons (Fsp3) is 0.167. The van der Waals surface area contributed by atoms with Crippen LogP contribution >= 0.6 is 11.3 Å². The molecule has 4 heteroatoms. The Morgan fingerprint density at radius 1 is 1.31 bits per heavy atom. The molecule has 0 amide bonds. The maximum Gasteiger partial charge on any atom is 0.212 e. The molecule has 0 aliphatic rings. The van der Waals surface area contributed by atoms with Gasteiger partial charge in [-0.15, -0.1) is 11.3 Å². The van der Waals surface area contributed by atoms with E-state index in [1.165, 1.54) is 11.3 Å². The zero-order valence-corrected chi connectivity index (χ0v) is 9.97. The van der Waals surface area contributed by atoms with E-state index >= 15 is 0 Å². The van der Waals surface area contributed by atoms with Gasteiger partial charge in [-0.3, -0.25) is 4.79 Å². The van der Waals surface area contributed by atoms with Crippen LogP contribution in [-0.2, 0) is 0 Å². The highest BCUT2D eigenvalue weighted by atomic mass is 32.1. The summed E-state index contributed by atoms with van der Waals surface area (Å²) >= 11 is 1.43. The number of carbonyl (C=O) groups is 1. The monoisotopic (exact) mass is 232 g/mol. The van der Waals surface area contributed by atoms with Crippen LogP contribution in [-0.4, -0.2) is 17.8 Å². The molecule has 0 saturated heterocycles. The molecule has 0 fully saturated rings. The summed E-state index contributed by atoms with van der Waals surface area (Å²) in [6.07, 6.45) is 0. The van der Waals surface area contributed by atoms with Gasteiger partial charge in [-0.05, 0) is 6.92 Å². The molecule has 0 saturated carbocycles. The molecule has 0 spiro atoms. The van der Waals surface area contributed by atoms with Crippen molar-refractivity contribution in [3.05, 3.63) is 46.5 Å². The van der Waals surface area contributed by atoms with Crippen molar-refractivity contribution in [2.75, 3.05) is 12.4 Å². The molecule has 1 aromatic heterocycles. The van der Waals surface area contributed by atoms with Gasteiger partial charge in [-0.1, -0.05) is 29.8 Å². The van der Waals surface area contributed by atoms with E-state index < -0.39 is 0 Å². The molecular formula is C12H12N2OS. The molecule has 1 aromatic carbocycles. The van der Waals surface area contributed by atoms with E-state index in [1.54, 1.807) is 12.4 Å². The number of anilines is 1. The number of carbonyl (C=O) groups excluding carboxylic acids is 1. The highest BCUT2D eigenvalue weighted by molar-refractivity contribution is 7.13. The summed E-state index contributed by atoms with van der Waals surface area (Å²) in [5, 5.41) is 5.45. The second-order valence-corrected chi connectivity index (χ2v) is 4.34. The van der Waals surface area contributed by atoms with E-state index in [9.17, 15) is 4.79 Å². The maximum atomic E-state index is 12.0. The second kappa shape index (κ2) is 4.45. The number of rotatable bonds is 3. The minimum atomic E-state index is -0.0299. The van der Waals surface area contributed by atoms with Gasteiger partial charge in [0.2, 0.25) is 5.78 Å². The lowest BCUT2D eigenvalue weighted by atomic mass is 10.1. The van der Waals surface area contributed by atoms with Gasteiger partial charge in [0.25, 0.3) is 0 Å². The molecule has 0 radical (unpaired) electrons. The van der Waals surface area contributed by atoms with Crippen molar-refractivity contribution >= 4 is 22.3 Å². The normalized spacial score (nSPS) is 10.1. The van der Waals surface area contributed by atoms with Crippen molar-refractivity contribution in [3.63, 3.8) is 0 Å². The van der Waals surface area contributed by atoms with E-state index in [2.05, 4.69) is 10.3 Å². The average Bonchev–Trinajstić information content (AvgIpc) is 2.77. The molecule has 82 valence electrons. The molecule has 1 heterocycles. The Kier molecular flexibility index (Phi) is 3.01. The lowest BCUT2D eigenvalue weighted by molar-refractivity contribution is 0.103. The molecule has 16 heavy (non-hydrogen) atoms. The zero-order valence-electron chi connectivity index (χ0n) is 9.15. The summed E-state index contributed by atoms with van der Waals surface area (Å²) in [6, 6.07) is 7.52. The minimum Gasteiger partial charge on any atom is -0.365 e. The van der Waals surface area contributed by atoms with Crippen LogP contribution < -0.4 is 5.32 Å². The van der Waals surface area contributed by atoms with E-state index in [1.807, 2.05) is 31.2 Å². The maximum absolute atomic E-state index is 12.0. The van der Waals surface area contributed by atoms with Gasteiger partial charge < -0.3 is 5.32 Å². The molecule has 2 aromatic rings. The topological polar surface area (TPSA) is 42.0 Å². The lowest BCUT2D eigenvalue weighted by Gasteiger charge is -1.98. The van der Waals surface area contributed by atoms with Gasteiger partial charge in [0.15, 0.2) is 5.13 Å². The fourth-order valence-electron chi connectivity index (χ4n) is 1.35. The first kappa shape index (κ1) is 10.8. The van der Waals surface area contributed by atoms with Crippen LogP contribution in [0, 0.1) is 6.92 Å². The Balaban J connectivity index is 2.28.